The molecule has 0 aliphatic rings. The third kappa shape index (κ3) is 4.09. The van der Waals surface area contributed by atoms with Crippen LogP contribution in [-0.2, 0) is 6.54 Å². The van der Waals surface area contributed by atoms with Gasteiger partial charge in [0.2, 0.25) is 0 Å². The van der Waals surface area contributed by atoms with Gasteiger partial charge in [0, 0.05) is 12.1 Å². The molecular formula is C10H13Cl2NO. The molecule has 0 amide bonds. The first kappa shape index (κ1) is 13.4. The summed E-state index contributed by atoms with van der Waals surface area (Å²) in [6.07, 6.45) is 0. The van der Waals surface area contributed by atoms with Crippen molar-refractivity contribution in [1.29, 1.82) is 0 Å². The highest BCUT2D eigenvalue weighted by atomic mass is 35.5. The summed E-state index contributed by atoms with van der Waals surface area (Å²) in [6.45, 7) is 0.872. The fraction of sp³-hybridized carbons (Fsp3) is 0.300. The number of benzene rings is 1. The molecule has 0 spiro atoms. The van der Waals surface area contributed by atoms with Crippen LogP contribution in [0.1, 0.15) is 15.9 Å². The highest BCUT2D eigenvalue weighted by Crippen LogP contribution is 2.08. The topological polar surface area (TPSA) is 20.3 Å². The minimum absolute atomic E-state index is 0. The summed E-state index contributed by atoms with van der Waals surface area (Å²) >= 11 is 5.31. The molecule has 0 radical (unpaired) electrons. The Morgan fingerprint density at radius 3 is 2.14 bits per heavy atom. The van der Waals surface area contributed by atoms with Crippen LogP contribution in [0.5, 0.6) is 0 Å². The smallest absolute Gasteiger partial charge is 0.252 e. The van der Waals surface area contributed by atoms with E-state index in [1.54, 1.807) is 12.1 Å². The molecule has 14 heavy (non-hydrogen) atoms. The molecule has 2 nitrogen and oxygen atoms in total. The molecule has 0 aliphatic heterocycles. The lowest BCUT2D eigenvalue weighted by Gasteiger charge is -2.09. The summed E-state index contributed by atoms with van der Waals surface area (Å²) in [5.41, 5.74) is 1.72. The summed E-state index contributed by atoms with van der Waals surface area (Å²) < 4.78 is 0. The van der Waals surface area contributed by atoms with E-state index in [0.717, 1.165) is 6.54 Å². The summed E-state index contributed by atoms with van der Waals surface area (Å²) in [4.78, 5) is 12.8. The summed E-state index contributed by atoms with van der Waals surface area (Å²) in [5, 5.41) is -0.406. The van der Waals surface area contributed by atoms with Crippen molar-refractivity contribution < 1.29 is 4.79 Å². The van der Waals surface area contributed by atoms with Gasteiger partial charge in [0.1, 0.15) is 0 Å². The van der Waals surface area contributed by atoms with Gasteiger partial charge < -0.3 is 4.90 Å². The van der Waals surface area contributed by atoms with E-state index < -0.39 is 5.24 Å². The van der Waals surface area contributed by atoms with E-state index in [4.69, 9.17) is 11.6 Å². The van der Waals surface area contributed by atoms with Crippen LogP contribution in [-0.4, -0.2) is 24.2 Å². The Kier molecular flexibility index (Phi) is 5.77. The van der Waals surface area contributed by atoms with Gasteiger partial charge in [0.05, 0.1) is 0 Å². The van der Waals surface area contributed by atoms with Crippen molar-refractivity contribution in [3.63, 3.8) is 0 Å². The molecule has 0 N–H and O–H groups in total. The van der Waals surface area contributed by atoms with Crippen molar-refractivity contribution in [3.05, 3.63) is 35.4 Å². The Balaban J connectivity index is 0.00000169. The normalized spacial score (nSPS) is 9.71. The first-order valence-electron chi connectivity index (χ1n) is 4.03. The maximum absolute atomic E-state index is 10.7. The van der Waals surface area contributed by atoms with E-state index in [1.165, 1.54) is 5.56 Å². The molecule has 0 unspecified atom stereocenters. The zero-order valence-corrected chi connectivity index (χ0v) is 9.73. The van der Waals surface area contributed by atoms with Gasteiger partial charge >= 0.3 is 0 Å². The zero-order chi connectivity index (χ0) is 9.84. The first-order valence-corrected chi connectivity index (χ1v) is 4.41. The van der Waals surface area contributed by atoms with Gasteiger partial charge in [0.25, 0.3) is 5.24 Å². The predicted octanol–water partition coefficient (Wildman–Crippen LogP) is 2.55. The van der Waals surface area contributed by atoms with Gasteiger partial charge in [-0.2, -0.15) is 0 Å². The Morgan fingerprint density at radius 1 is 1.29 bits per heavy atom. The predicted molar refractivity (Wildman–Crippen MR) is 61.3 cm³/mol. The van der Waals surface area contributed by atoms with E-state index in [-0.39, 0.29) is 12.4 Å². The second kappa shape index (κ2) is 6.02. The molecule has 0 fully saturated rings. The molecule has 0 bridgehead atoms. The van der Waals surface area contributed by atoms with E-state index in [1.807, 2.05) is 26.2 Å². The molecule has 0 heterocycles. The standard InChI is InChI=1S/C10H12ClNO.ClH/c1-12(2)7-8-3-5-9(6-4-8)10(11)13;/h3-6H,7H2,1-2H3;1H. The maximum atomic E-state index is 10.7. The molecule has 1 rings (SSSR count). The number of hydrogen-bond donors (Lipinski definition) is 0. The summed E-state index contributed by atoms with van der Waals surface area (Å²) in [5.74, 6) is 0. The lowest BCUT2D eigenvalue weighted by Crippen LogP contribution is -2.10. The largest absolute Gasteiger partial charge is 0.305 e. The third-order valence-electron chi connectivity index (χ3n) is 1.68. The molecular weight excluding hydrogens is 221 g/mol. The molecule has 1 aromatic carbocycles. The maximum Gasteiger partial charge on any atom is 0.252 e. The quantitative estimate of drug-likeness (QED) is 0.749. The third-order valence-corrected chi connectivity index (χ3v) is 1.90. The lowest BCUT2D eigenvalue weighted by atomic mass is 10.1. The molecule has 78 valence electrons. The van der Waals surface area contributed by atoms with Crippen LogP contribution < -0.4 is 0 Å². The Bertz CT molecular complexity index is 295. The van der Waals surface area contributed by atoms with Gasteiger partial charge in [-0.05, 0) is 43.4 Å². The Morgan fingerprint density at radius 2 is 1.79 bits per heavy atom. The first-order chi connectivity index (χ1) is 6.09. The van der Waals surface area contributed by atoms with E-state index in [9.17, 15) is 4.79 Å². The second-order valence-electron chi connectivity index (χ2n) is 3.21. The van der Waals surface area contributed by atoms with Crippen molar-refractivity contribution in [2.45, 2.75) is 6.54 Å². The molecule has 0 atom stereocenters. The number of carbonyl (C=O) groups is 1. The van der Waals surface area contributed by atoms with Crippen LogP contribution in [0.2, 0.25) is 0 Å². The number of nitrogens with zero attached hydrogens (tertiary/aromatic N) is 1. The van der Waals surface area contributed by atoms with Crippen LogP contribution >= 0.6 is 24.0 Å². The van der Waals surface area contributed by atoms with Crippen molar-refractivity contribution >= 4 is 29.3 Å². The van der Waals surface area contributed by atoms with Crippen LogP contribution in [0.3, 0.4) is 0 Å². The van der Waals surface area contributed by atoms with Gasteiger partial charge in [-0.15, -0.1) is 12.4 Å². The summed E-state index contributed by atoms with van der Waals surface area (Å²) in [6, 6.07) is 7.31. The summed E-state index contributed by atoms with van der Waals surface area (Å²) in [7, 11) is 4.00. The number of rotatable bonds is 3. The zero-order valence-electron chi connectivity index (χ0n) is 8.16. The van der Waals surface area contributed by atoms with Crippen molar-refractivity contribution in [2.75, 3.05) is 14.1 Å². The van der Waals surface area contributed by atoms with Crippen molar-refractivity contribution in [2.24, 2.45) is 0 Å². The van der Waals surface area contributed by atoms with E-state index in [0.29, 0.717) is 5.56 Å². The highest BCUT2D eigenvalue weighted by molar-refractivity contribution is 6.67. The van der Waals surface area contributed by atoms with E-state index >= 15 is 0 Å². The van der Waals surface area contributed by atoms with Crippen molar-refractivity contribution in [3.8, 4) is 0 Å². The molecule has 4 heteroatoms. The van der Waals surface area contributed by atoms with Gasteiger partial charge in [-0.25, -0.2) is 0 Å². The number of hydrogen-bond acceptors (Lipinski definition) is 2. The Hall–Kier alpha value is -0.570. The van der Waals surface area contributed by atoms with Crippen LogP contribution in [0.25, 0.3) is 0 Å². The lowest BCUT2D eigenvalue weighted by molar-refractivity contribution is 0.108. The molecule has 0 saturated heterocycles. The molecule has 0 aromatic heterocycles. The van der Waals surface area contributed by atoms with Crippen LogP contribution in [0.4, 0.5) is 0 Å². The van der Waals surface area contributed by atoms with Crippen molar-refractivity contribution in [1.82, 2.24) is 4.90 Å². The average molecular weight is 234 g/mol. The molecule has 0 aliphatic carbocycles. The Labute approximate surface area is 95.3 Å². The minimum Gasteiger partial charge on any atom is -0.305 e. The number of carbonyl (C=O) groups excluding carboxylic acids is 1. The fourth-order valence-electron chi connectivity index (χ4n) is 1.11. The van der Waals surface area contributed by atoms with Gasteiger partial charge in [-0.1, -0.05) is 12.1 Å². The number of halogens is 2. The van der Waals surface area contributed by atoms with Gasteiger partial charge in [0.15, 0.2) is 0 Å². The van der Waals surface area contributed by atoms with E-state index in [2.05, 4.69) is 4.90 Å². The van der Waals surface area contributed by atoms with Crippen LogP contribution in [0, 0.1) is 0 Å². The fourth-order valence-corrected chi connectivity index (χ4v) is 1.23. The molecule has 0 saturated carbocycles. The molecule has 1 aromatic rings. The van der Waals surface area contributed by atoms with Crippen LogP contribution in [0.15, 0.2) is 24.3 Å². The van der Waals surface area contributed by atoms with Gasteiger partial charge in [-0.3, -0.25) is 4.79 Å². The average Bonchev–Trinajstić information content (AvgIpc) is 2.04. The minimum atomic E-state index is -0.406. The SMILES string of the molecule is CN(C)Cc1ccc(C(=O)Cl)cc1.Cl. The highest BCUT2D eigenvalue weighted by Gasteiger charge is 2.00. The second-order valence-corrected chi connectivity index (χ2v) is 3.55. The monoisotopic (exact) mass is 233 g/mol.